The van der Waals surface area contributed by atoms with E-state index in [2.05, 4.69) is 28.5 Å². The van der Waals surface area contributed by atoms with Crippen LogP contribution in [-0.2, 0) is 4.79 Å². The second kappa shape index (κ2) is 5.14. The largest absolute Gasteiger partial charge is 0.303 e. The number of nitrogens with one attached hydrogen (secondary N) is 1. The molecular weight excluding hydrogens is 234 g/mol. The monoisotopic (exact) mass is 247 g/mol. The number of rotatable bonds is 2. The Bertz CT molecular complexity index is 508. The lowest BCUT2D eigenvalue weighted by Gasteiger charge is -1.99. The van der Waals surface area contributed by atoms with Gasteiger partial charge in [0.2, 0.25) is 5.91 Å². The van der Waals surface area contributed by atoms with Crippen molar-refractivity contribution in [3.63, 3.8) is 0 Å². The second-order valence-electron chi connectivity index (χ2n) is 3.85. The number of carbonyl (C=O) groups is 1. The summed E-state index contributed by atoms with van der Waals surface area (Å²) < 4.78 is 0. The van der Waals surface area contributed by atoms with Crippen molar-refractivity contribution in [3.8, 4) is 0 Å². The summed E-state index contributed by atoms with van der Waals surface area (Å²) in [5.41, 5.74) is 3.43. The first kappa shape index (κ1) is 11.9. The highest BCUT2D eigenvalue weighted by atomic mass is 32.2. The number of hydrogen-bond donors (Lipinski definition) is 1. The molecular formula is C12H13N3OS. The Morgan fingerprint density at radius 1 is 1.41 bits per heavy atom. The summed E-state index contributed by atoms with van der Waals surface area (Å²) in [6.45, 7) is 4.09. The highest BCUT2D eigenvalue weighted by Gasteiger charge is 2.15. The molecule has 0 radical (unpaired) electrons. The van der Waals surface area contributed by atoms with E-state index >= 15 is 0 Å². The van der Waals surface area contributed by atoms with E-state index in [0.29, 0.717) is 10.9 Å². The number of amides is 1. The van der Waals surface area contributed by atoms with Crippen molar-refractivity contribution in [1.29, 1.82) is 0 Å². The van der Waals surface area contributed by atoms with Crippen LogP contribution in [0.3, 0.4) is 0 Å². The first-order valence-corrected chi connectivity index (χ1v) is 6.24. The average Bonchev–Trinajstić information content (AvgIpc) is 2.68. The molecule has 4 nitrogen and oxygen atoms in total. The van der Waals surface area contributed by atoms with Gasteiger partial charge in [0.25, 0.3) is 0 Å². The van der Waals surface area contributed by atoms with Crippen LogP contribution in [0, 0.1) is 13.8 Å². The molecule has 0 atom stereocenters. The summed E-state index contributed by atoms with van der Waals surface area (Å²) in [6, 6.07) is 6.14. The molecule has 1 aliphatic rings. The zero-order chi connectivity index (χ0) is 12.3. The standard InChI is InChI=1S/C12H13N3OS/c1-8-3-4-10(9(2)5-8)6-13-15-12-14-11(16)7-17-12/h3-6H,7H2,1-2H3,(H,14,15,16). The lowest BCUT2D eigenvalue weighted by Crippen LogP contribution is -2.19. The molecule has 2 rings (SSSR count). The van der Waals surface area contributed by atoms with Gasteiger partial charge >= 0.3 is 0 Å². The molecule has 1 aromatic rings. The molecule has 1 N–H and O–H groups in total. The first-order chi connectivity index (χ1) is 8.15. The minimum Gasteiger partial charge on any atom is -0.303 e. The van der Waals surface area contributed by atoms with Crippen LogP contribution in [0.4, 0.5) is 0 Å². The second-order valence-corrected chi connectivity index (χ2v) is 4.81. The van der Waals surface area contributed by atoms with E-state index in [1.807, 2.05) is 19.1 Å². The maximum absolute atomic E-state index is 10.9. The van der Waals surface area contributed by atoms with Gasteiger partial charge in [-0.25, -0.2) is 0 Å². The van der Waals surface area contributed by atoms with Crippen LogP contribution in [0.15, 0.2) is 28.4 Å². The molecule has 0 aliphatic carbocycles. The fraction of sp³-hybridized carbons (Fsp3) is 0.250. The van der Waals surface area contributed by atoms with Crippen LogP contribution in [-0.4, -0.2) is 23.0 Å². The van der Waals surface area contributed by atoms with Gasteiger partial charge in [-0.2, -0.15) is 5.10 Å². The van der Waals surface area contributed by atoms with Gasteiger partial charge in [0.05, 0.1) is 12.0 Å². The van der Waals surface area contributed by atoms with Crippen LogP contribution in [0.1, 0.15) is 16.7 Å². The fourth-order valence-corrected chi connectivity index (χ4v) is 2.12. The smallest absolute Gasteiger partial charge is 0.236 e. The molecule has 1 aromatic carbocycles. The van der Waals surface area contributed by atoms with Gasteiger partial charge in [0.1, 0.15) is 0 Å². The average molecular weight is 247 g/mol. The van der Waals surface area contributed by atoms with Gasteiger partial charge in [0, 0.05) is 0 Å². The molecule has 1 amide bonds. The minimum absolute atomic E-state index is 0.0181. The Balaban J connectivity index is 2.08. The number of aryl methyl sites for hydroxylation is 2. The molecule has 0 bridgehead atoms. The molecule has 0 spiro atoms. The summed E-state index contributed by atoms with van der Waals surface area (Å²) in [6.07, 6.45) is 1.70. The molecule has 0 saturated carbocycles. The predicted octanol–water partition coefficient (Wildman–Crippen LogP) is 1.86. The molecule has 1 aliphatic heterocycles. The van der Waals surface area contributed by atoms with Crippen molar-refractivity contribution in [2.45, 2.75) is 13.8 Å². The van der Waals surface area contributed by atoms with E-state index in [0.717, 1.165) is 11.1 Å². The Morgan fingerprint density at radius 3 is 2.88 bits per heavy atom. The van der Waals surface area contributed by atoms with Crippen molar-refractivity contribution in [2.24, 2.45) is 10.2 Å². The van der Waals surface area contributed by atoms with E-state index in [4.69, 9.17) is 0 Å². The van der Waals surface area contributed by atoms with E-state index in [9.17, 15) is 4.79 Å². The van der Waals surface area contributed by atoms with Gasteiger partial charge in [-0.05, 0) is 25.0 Å². The quantitative estimate of drug-likeness (QED) is 0.640. The van der Waals surface area contributed by atoms with Crippen molar-refractivity contribution in [2.75, 3.05) is 5.75 Å². The van der Waals surface area contributed by atoms with Gasteiger partial charge in [-0.3, -0.25) is 4.79 Å². The molecule has 1 heterocycles. The lowest BCUT2D eigenvalue weighted by atomic mass is 10.1. The maximum Gasteiger partial charge on any atom is 0.236 e. The Kier molecular flexibility index (Phi) is 3.58. The SMILES string of the molecule is Cc1ccc(C=NN=C2NC(=O)CS2)c(C)c1. The molecule has 1 saturated heterocycles. The lowest BCUT2D eigenvalue weighted by molar-refractivity contribution is -0.116. The number of thioether (sulfide) groups is 1. The zero-order valence-corrected chi connectivity index (χ0v) is 10.5. The molecule has 0 aromatic heterocycles. The van der Waals surface area contributed by atoms with Crippen molar-refractivity contribution in [3.05, 3.63) is 34.9 Å². The highest BCUT2D eigenvalue weighted by molar-refractivity contribution is 8.15. The Morgan fingerprint density at radius 2 is 2.24 bits per heavy atom. The van der Waals surface area contributed by atoms with Crippen LogP contribution in [0.5, 0.6) is 0 Å². The summed E-state index contributed by atoms with van der Waals surface area (Å²) in [7, 11) is 0. The molecule has 88 valence electrons. The topological polar surface area (TPSA) is 53.8 Å². The third-order valence-corrected chi connectivity index (χ3v) is 3.22. The number of hydrogen-bond acceptors (Lipinski definition) is 4. The fourth-order valence-electron chi connectivity index (χ4n) is 1.49. The highest BCUT2D eigenvalue weighted by Crippen LogP contribution is 2.10. The Labute approximate surface area is 104 Å². The molecule has 0 unspecified atom stereocenters. The normalized spacial score (nSPS) is 18.0. The van der Waals surface area contributed by atoms with Crippen molar-refractivity contribution >= 4 is 29.1 Å². The number of benzene rings is 1. The van der Waals surface area contributed by atoms with E-state index < -0.39 is 0 Å². The van der Waals surface area contributed by atoms with Gasteiger partial charge in [-0.15, -0.1) is 5.10 Å². The zero-order valence-electron chi connectivity index (χ0n) is 9.73. The van der Waals surface area contributed by atoms with E-state index in [1.54, 1.807) is 6.21 Å². The maximum atomic E-state index is 10.9. The summed E-state index contributed by atoms with van der Waals surface area (Å²) in [5.74, 6) is 0.410. The minimum atomic E-state index is -0.0181. The van der Waals surface area contributed by atoms with E-state index in [1.165, 1.54) is 17.3 Å². The third-order valence-electron chi connectivity index (χ3n) is 2.36. The van der Waals surface area contributed by atoms with E-state index in [-0.39, 0.29) is 5.91 Å². The molecule has 5 heteroatoms. The number of nitrogens with zero attached hydrogens (tertiary/aromatic N) is 2. The predicted molar refractivity (Wildman–Crippen MR) is 71.5 cm³/mol. The molecule has 17 heavy (non-hydrogen) atoms. The van der Waals surface area contributed by atoms with Crippen molar-refractivity contribution < 1.29 is 4.79 Å². The number of amidine groups is 1. The third kappa shape index (κ3) is 3.17. The Hall–Kier alpha value is -1.62. The van der Waals surface area contributed by atoms with Gasteiger partial charge in [0.15, 0.2) is 5.17 Å². The summed E-state index contributed by atoms with van der Waals surface area (Å²) in [4.78, 5) is 10.9. The summed E-state index contributed by atoms with van der Waals surface area (Å²) >= 11 is 1.37. The van der Waals surface area contributed by atoms with Crippen molar-refractivity contribution in [1.82, 2.24) is 5.32 Å². The summed E-state index contributed by atoms with van der Waals surface area (Å²) in [5, 5.41) is 11.1. The van der Waals surface area contributed by atoms with Crippen LogP contribution >= 0.6 is 11.8 Å². The molecule has 1 fully saturated rings. The number of carbonyl (C=O) groups excluding carboxylic acids is 1. The van der Waals surface area contributed by atoms with Gasteiger partial charge in [-0.1, -0.05) is 35.5 Å². The first-order valence-electron chi connectivity index (χ1n) is 5.26. The van der Waals surface area contributed by atoms with Crippen LogP contribution in [0.2, 0.25) is 0 Å². The van der Waals surface area contributed by atoms with Gasteiger partial charge < -0.3 is 5.32 Å². The van der Waals surface area contributed by atoms with Crippen LogP contribution in [0.25, 0.3) is 0 Å². The van der Waals surface area contributed by atoms with Crippen LogP contribution < -0.4 is 5.32 Å².